The van der Waals surface area contributed by atoms with E-state index in [-0.39, 0.29) is 5.91 Å². The summed E-state index contributed by atoms with van der Waals surface area (Å²) >= 11 is 0. The summed E-state index contributed by atoms with van der Waals surface area (Å²) in [4.78, 5) is 21.6. The molecule has 1 fully saturated rings. The molecule has 3 aromatic carbocycles. The van der Waals surface area contributed by atoms with Crippen LogP contribution in [0.4, 0.5) is 8.78 Å². The molecule has 0 spiro atoms. The molecule has 0 radical (unpaired) electrons. The van der Waals surface area contributed by atoms with Gasteiger partial charge >= 0.3 is 0 Å². The monoisotopic (exact) mass is 457 g/mol. The lowest BCUT2D eigenvalue weighted by Crippen LogP contribution is -2.48. The van der Waals surface area contributed by atoms with Crippen molar-refractivity contribution in [1.29, 1.82) is 0 Å². The molecule has 0 unspecified atom stereocenters. The highest BCUT2D eigenvalue weighted by Crippen LogP contribution is 2.27. The van der Waals surface area contributed by atoms with Gasteiger partial charge in [0.15, 0.2) is 11.6 Å². The van der Waals surface area contributed by atoms with Gasteiger partial charge in [-0.05, 0) is 53.9 Å². The van der Waals surface area contributed by atoms with Crippen LogP contribution < -0.4 is 0 Å². The first-order chi connectivity index (χ1) is 16.5. The van der Waals surface area contributed by atoms with E-state index in [2.05, 4.69) is 9.88 Å². The summed E-state index contributed by atoms with van der Waals surface area (Å²) in [6.45, 7) is 4.88. The number of carbonyl (C=O) groups is 1. The van der Waals surface area contributed by atoms with Crippen molar-refractivity contribution in [2.24, 2.45) is 0 Å². The smallest absolute Gasteiger partial charge is 0.253 e. The third-order valence-electron chi connectivity index (χ3n) is 6.51. The van der Waals surface area contributed by atoms with Gasteiger partial charge in [0.2, 0.25) is 0 Å². The molecule has 1 saturated heterocycles. The van der Waals surface area contributed by atoms with Crippen LogP contribution >= 0.6 is 0 Å². The lowest BCUT2D eigenvalue weighted by atomic mass is 10.0. The standard InChI is InChI=1S/C28H25F2N3O/c1-19-16-25(29)26(30)17-23(19)18-32-12-14-33(15-13-32)28(34)22-9-7-20(8-10-22)24-6-2-4-21-5-3-11-31-27(21)24/h2-11,16-17H,12-15,18H2,1H3. The van der Waals surface area contributed by atoms with Crippen LogP contribution in [-0.4, -0.2) is 46.9 Å². The first kappa shape index (κ1) is 22.2. The molecule has 0 atom stereocenters. The summed E-state index contributed by atoms with van der Waals surface area (Å²) in [5, 5.41) is 1.08. The van der Waals surface area contributed by atoms with Gasteiger partial charge in [0.25, 0.3) is 5.91 Å². The zero-order valence-corrected chi connectivity index (χ0v) is 19.0. The van der Waals surface area contributed by atoms with Crippen molar-refractivity contribution in [2.45, 2.75) is 13.5 Å². The third-order valence-corrected chi connectivity index (χ3v) is 6.51. The Morgan fingerprint density at radius 2 is 1.62 bits per heavy atom. The number of aromatic nitrogens is 1. The van der Waals surface area contributed by atoms with E-state index in [1.807, 2.05) is 59.5 Å². The van der Waals surface area contributed by atoms with Crippen molar-refractivity contribution < 1.29 is 13.6 Å². The first-order valence-electron chi connectivity index (χ1n) is 11.4. The molecule has 34 heavy (non-hydrogen) atoms. The van der Waals surface area contributed by atoms with Gasteiger partial charge in [0.05, 0.1) is 5.52 Å². The number of piperazine rings is 1. The van der Waals surface area contributed by atoms with Gasteiger partial charge in [-0.15, -0.1) is 0 Å². The molecule has 0 N–H and O–H groups in total. The van der Waals surface area contributed by atoms with Crippen molar-refractivity contribution in [2.75, 3.05) is 26.2 Å². The second kappa shape index (κ2) is 9.31. The summed E-state index contributed by atoms with van der Waals surface area (Å²) in [6.07, 6.45) is 1.79. The van der Waals surface area contributed by atoms with Crippen LogP contribution in [0.1, 0.15) is 21.5 Å². The Hall–Kier alpha value is -3.64. The lowest BCUT2D eigenvalue weighted by Gasteiger charge is -2.35. The van der Waals surface area contributed by atoms with Crippen LogP contribution in [0, 0.1) is 18.6 Å². The van der Waals surface area contributed by atoms with Crippen molar-refractivity contribution >= 4 is 16.8 Å². The molecule has 1 aromatic heterocycles. The van der Waals surface area contributed by atoms with E-state index in [0.29, 0.717) is 38.3 Å². The van der Waals surface area contributed by atoms with Gasteiger partial charge in [0.1, 0.15) is 0 Å². The fourth-order valence-corrected chi connectivity index (χ4v) is 4.52. The number of hydrogen-bond donors (Lipinski definition) is 0. The van der Waals surface area contributed by atoms with Crippen LogP contribution in [-0.2, 0) is 6.54 Å². The number of aryl methyl sites for hydroxylation is 1. The first-order valence-corrected chi connectivity index (χ1v) is 11.4. The summed E-state index contributed by atoms with van der Waals surface area (Å²) < 4.78 is 27.0. The molecular formula is C28H25F2N3O. The Kier molecular flexibility index (Phi) is 6.07. The largest absolute Gasteiger partial charge is 0.336 e. The van der Waals surface area contributed by atoms with Crippen molar-refractivity contribution in [1.82, 2.24) is 14.8 Å². The highest BCUT2D eigenvalue weighted by molar-refractivity contribution is 5.97. The Labute approximate surface area is 197 Å². The second-order valence-corrected chi connectivity index (χ2v) is 8.72. The van der Waals surface area contributed by atoms with Crippen LogP contribution in [0.3, 0.4) is 0 Å². The molecule has 2 heterocycles. The van der Waals surface area contributed by atoms with E-state index in [4.69, 9.17) is 0 Å². The van der Waals surface area contributed by atoms with Crippen LogP contribution in [0.5, 0.6) is 0 Å². The normalized spacial score (nSPS) is 14.5. The van der Waals surface area contributed by atoms with E-state index in [9.17, 15) is 13.6 Å². The van der Waals surface area contributed by atoms with Gasteiger partial charge in [-0.25, -0.2) is 8.78 Å². The van der Waals surface area contributed by atoms with Crippen molar-refractivity contribution in [3.63, 3.8) is 0 Å². The summed E-state index contributed by atoms with van der Waals surface area (Å²) in [5.74, 6) is -1.64. The predicted octanol–water partition coefficient (Wildman–Crippen LogP) is 5.45. The zero-order valence-electron chi connectivity index (χ0n) is 19.0. The summed E-state index contributed by atoms with van der Waals surface area (Å²) in [7, 11) is 0. The van der Waals surface area contributed by atoms with E-state index in [1.165, 1.54) is 12.1 Å². The molecule has 0 aliphatic carbocycles. The fraction of sp³-hybridized carbons (Fsp3) is 0.214. The van der Waals surface area contributed by atoms with E-state index in [0.717, 1.165) is 33.2 Å². The number of pyridine rings is 1. The molecule has 4 aromatic rings. The minimum absolute atomic E-state index is 0.00579. The fourth-order valence-electron chi connectivity index (χ4n) is 4.52. The maximum Gasteiger partial charge on any atom is 0.253 e. The number of amides is 1. The number of hydrogen-bond acceptors (Lipinski definition) is 3. The lowest BCUT2D eigenvalue weighted by molar-refractivity contribution is 0.0628. The second-order valence-electron chi connectivity index (χ2n) is 8.72. The molecule has 4 nitrogen and oxygen atoms in total. The molecule has 0 bridgehead atoms. The molecule has 6 heteroatoms. The molecule has 1 amide bonds. The number of benzene rings is 3. The van der Waals surface area contributed by atoms with Crippen LogP contribution in [0.25, 0.3) is 22.0 Å². The van der Waals surface area contributed by atoms with Crippen LogP contribution in [0.2, 0.25) is 0 Å². The SMILES string of the molecule is Cc1cc(F)c(F)cc1CN1CCN(C(=O)c2ccc(-c3cccc4cccnc34)cc2)CC1. The molecule has 172 valence electrons. The summed E-state index contributed by atoms with van der Waals surface area (Å²) in [6, 6.07) is 20.3. The van der Waals surface area contributed by atoms with E-state index in [1.54, 1.807) is 13.1 Å². The summed E-state index contributed by atoms with van der Waals surface area (Å²) in [5.41, 5.74) is 5.17. The number of halogens is 2. The van der Waals surface area contributed by atoms with Crippen molar-refractivity contribution in [3.05, 3.63) is 101 Å². The minimum atomic E-state index is -0.822. The van der Waals surface area contributed by atoms with E-state index >= 15 is 0 Å². The predicted molar refractivity (Wildman–Crippen MR) is 129 cm³/mol. The minimum Gasteiger partial charge on any atom is -0.336 e. The molecule has 0 saturated carbocycles. The zero-order chi connectivity index (χ0) is 23.7. The highest BCUT2D eigenvalue weighted by Gasteiger charge is 2.23. The molecular weight excluding hydrogens is 432 g/mol. The van der Waals surface area contributed by atoms with Gasteiger partial charge in [-0.3, -0.25) is 14.7 Å². The highest BCUT2D eigenvalue weighted by atomic mass is 19.2. The quantitative estimate of drug-likeness (QED) is 0.409. The van der Waals surface area contributed by atoms with Crippen LogP contribution in [0.15, 0.2) is 72.9 Å². The Morgan fingerprint density at radius 3 is 2.38 bits per heavy atom. The molecule has 5 rings (SSSR count). The average molecular weight is 458 g/mol. The molecule has 1 aliphatic rings. The Bertz CT molecular complexity index is 1340. The maximum absolute atomic E-state index is 13.6. The van der Waals surface area contributed by atoms with Gasteiger partial charge < -0.3 is 4.90 Å². The number of rotatable bonds is 4. The Balaban J connectivity index is 1.24. The van der Waals surface area contributed by atoms with Gasteiger partial charge in [-0.1, -0.05) is 36.4 Å². The number of nitrogens with zero attached hydrogens (tertiary/aromatic N) is 3. The van der Waals surface area contributed by atoms with Gasteiger partial charge in [0, 0.05) is 55.4 Å². The number of fused-ring (bicyclic) bond motifs is 1. The maximum atomic E-state index is 13.6. The average Bonchev–Trinajstić information content (AvgIpc) is 2.87. The molecule has 1 aliphatic heterocycles. The third kappa shape index (κ3) is 4.41. The number of carbonyl (C=O) groups excluding carboxylic acids is 1. The topological polar surface area (TPSA) is 36.4 Å². The number of para-hydroxylation sites is 1. The Morgan fingerprint density at radius 1 is 0.912 bits per heavy atom. The van der Waals surface area contributed by atoms with E-state index < -0.39 is 11.6 Å². The van der Waals surface area contributed by atoms with Gasteiger partial charge in [-0.2, -0.15) is 0 Å². The van der Waals surface area contributed by atoms with Crippen molar-refractivity contribution in [3.8, 4) is 11.1 Å².